The number of hydrogen-bond donors (Lipinski definition) is 2. The van der Waals surface area contributed by atoms with E-state index in [-0.39, 0.29) is 16.8 Å². The van der Waals surface area contributed by atoms with Crippen molar-refractivity contribution in [2.24, 2.45) is 5.73 Å². The Morgan fingerprint density at radius 1 is 1.22 bits per heavy atom. The number of halogens is 3. The molecular weight excluding hydrogens is 309 g/mol. The molecule has 0 aliphatic carbocycles. The lowest BCUT2D eigenvalue weighted by Crippen LogP contribution is -2.32. The molecule has 23 heavy (non-hydrogen) atoms. The van der Waals surface area contributed by atoms with Gasteiger partial charge in [-0.25, -0.2) is 4.79 Å². The molecule has 1 atom stereocenters. The molecular formula is C16H17F3N2O2. The van der Waals surface area contributed by atoms with E-state index in [9.17, 15) is 18.0 Å². The monoisotopic (exact) mass is 326 g/mol. The summed E-state index contributed by atoms with van der Waals surface area (Å²) in [6.45, 7) is 3.25. The fourth-order valence-electron chi connectivity index (χ4n) is 2.72. The van der Waals surface area contributed by atoms with Gasteiger partial charge in [0.25, 0.3) is 0 Å². The van der Waals surface area contributed by atoms with Crippen LogP contribution in [0.5, 0.6) is 0 Å². The third kappa shape index (κ3) is 3.04. The van der Waals surface area contributed by atoms with Crippen molar-refractivity contribution in [3.8, 4) is 0 Å². The number of esters is 1. The molecule has 4 nitrogen and oxygen atoms in total. The molecule has 1 heterocycles. The van der Waals surface area contributed by atoms with E-state index in [0.717, 1.165) is 6.07 Å². The van der Waals surface area contributed by atoms with E-state index in [2.05, 4.69) is 5.32 Å². The van der Waals surface area contributed by atoms with Gasteiger partial charge in [0, 0.05) is 17.1 Å². The Hall–Kier alpha value is -2.44. The van der Waals surface area contributed by atoms with Gasteiger partial charge in [0.05, 0.1) is 24.2 Å². The molecule has 3 N–H and O–H groups in total. The average Bonchev–Trinajstić information content (AvgIpc) is 2.49. The number of alkyl halides is 3. The first kappa shape index (κ1) is 16.9. The number of allylic oxidation sites excluding steroid dienone is 3. The molecule has 0 saturated heterocycles. The third-order valence-corrected chi connectivity index (χ3v) is 3.79. The van der Waals surface area contributed by atoms with Gasteiger partial charge in [-0.3, -0.25) is 0 Å². The van der Waals surface area contributed by atoms with Crippen molar-refractivity contribution in [2.75, 3.05) is 7.11 Å². The molecule has 1 unspecified atom stereocenters. The lowest BCUT2D eigenvalue weighted by molar-refractivity contribution is -0.139. The highest BCUT2D eigenvalue weighted by atomic mass is 19.4. The first-order valence-electron chi connectivity index (χ1n) is 6.87. The molecule has 0 spiro atoms. The minimum atomic E-state index is -4.55. The maximum atomic E-state index is 13.3. The minimum Gasteiger partial charge on any atom is -0.466 e. The molecule has 0 saturated carbocycles. The second kappa shape index (κ2) is 5.98. The zero-order valence-corrected chi connectivity index (χ0v) is 12.9. The average molecular weight is 326 g/mol. The van der Waals surface area contributed by atoms with Crippen LogP contribution in [0.15, 0.2) is 46.9 Å². The molecule has 1 aromatic carbocycles. The van der Waals surface area contributed by atoms with Gasteiger partial charge < -0.3 is 15.8 Å². The number of carbonyl (C=O) groups is 1. The first-order valence-corrected chi connectivity index (χ1v) is 6.87. The van der Waals surface area contributed by atoms with Crippen molar-refractivity contribution in [3.63, 3.8) is 0 Å². The van der Waals surface area contributed by atoms with Gasteiger partial charge in [-0.1, -0.05) is 18.2 Å². The smallest absolute Gasteiger partial charge is 0.416 e. The van der Waals surface area contributed by atoms with E-state index in [1.165, 1.54) is 25.3 Å². The van der Waals surface area contributed by atoms with E-state index in [1.54, 1.807) is 13.8 Å². The molecule has 2 rings (SSSR count). The summed E-state index contributed by atoms with van der Waals surface area (Å²) in [6, 6.07) is 5.09. The minimum absolute atomic E-state index is 0.0712. The highest BCUT2D eigenvalue weighted by molar-refractivity contribution is 5.92. The molecule has 0 radical (unpaired) electrons. The summed E-state index contributed by atoms with van der Waals surface area (Å²) in [7, 11) is 1.18. The maximum absolute atomic E-state index is 13.3. The highest BCUT2D eigenvalue weighted by Gasteiger charge is 2.40. The van der Waals surface area contributed by atoms with Crippen LogP contribution in [0.4, 0.5) is 13.2 Å². The van der Waals surface area contributed by atoms with Crippen molar-refractivity contribution < 1.29 is 22.7 Å². The fraction of sp³-hybridized carbons (Fsp3) is 0.312. The van der Waals surface area contributed by atoms with Gasteiger partial charge in [0.1, 0.15) is 0 Å². The number of benzene rings is 1. The largest absolute Gasteiger partial charge is 0.466 e. The summed E-state index contributed by atoms with van der Waals surface area (Å²) in [6.07, 6.45) is -4.55. The normalized spacial score (nSPS) is 18.8. The summed E-state index contributed by atoms with van der Waals surface area (Å²) in [4.78, 5) is 12.1. The molecule has 1 aliphatic heterocycles. The molecule has 7 heteroatoms. The number of dihydropyridines is 1. The van der Waals surface area contributed by atoms with Gasteiger partial charge in [0.2, 0.25) is 0 Å². The Balaban J connectivity index is 2.72. The lowest BCUT2D eigenvalue weighted by Gasteiger charge is -2.30. The van der Waals surface area contributed by atoms with Crippen LogP contribution in [0.2, 0.25) is 0 Å². The van der Waals surface area contributed by atoms with Crippen LogP contribution in [0.25, 0.3) is 0 Å². The van der Waals surface area contributed by atoms with E-state index in [4.69, 9.17) is 10.5 Å². The quantitative estimate of drug-likeness (QED) is 0.820. The first-order chi connectivity index (χ1) is 10.7. The molecule has 124 valence electrons. The molecule has 0 aromatic heterocycles. The second-order valence-electron chi connectivity index (χ2n) is 5.25. The van der Waals surface area contributed by atoms with Gasteiger partial charge >= 0.3 is 12.1 Å². The fourth-order valence-corrected chi connectivity index (χ4v) is 2.72. The van der Waals surface area contributed by atoms with Crippen molar-refractivity contribution in [1.82, 2.24) is 5.32 Å². The third-order valence-electron chi connectivity index (χ3n) is 3.79. The van der Waals surface area contributed by atoms with Crippen LogP contribution >= 0.6 is 0 Å². The second-order valence-corrected chi connectivity index (χ2v) is 5.25. The summed E-state index contributed by atoms with van der Waals surface area (Å²) >= 11 is 0. The van der Waals surface area contributed by atoms with Crippen LogP contribution in [0.3, 0.4) is 0 Å². The van der Waals surface area contributed by atoms with Gasteiger partial charge in [-0.05, 0) is 25.5 Å². The van der Waals surface area contributed by atoms with Crippen LogP contribution in [-0.2, 0) is 15.7 Å². The molecule has 1 aliphatic rings. The predicted molar refractivity (Wildman–Crippen MR) is 78.9 cm³/mol. The van der Waals surface area contributed by atoms with Crippen LogP contribution in [0, 0.1) is 0 Å². The Morgan fingerprint density at radius 3 is 2.39 bits per heavy atom. The standard InChI is InChI=1S/C16H17F3N2O2/c1-8-12(15(22)23-3)13(14(20)9(2)21-8)10-6-4-5-7-11(10)16(17,18)19/h4-7,13,21H,20H2,1-3H3. The van der Waals surface area contributed by atoms with Gasteiger partial charge in [-0.2, -0.15) is 13.2 Å². The van der Waals surface area contributed by atoms with Crippen LogP contribution in [0.1, 0.15) is 30.9 Å². The zero-order chi connectivity index (χ0) is 17.4. The van der Waals surface area contributed by atoms with Crippen molar-refractivity contribution in [3.05, 3.63) is 58.1 Å². The Kier molecular flexibility index (Phi) is 4.40. The molecule has 1 aromatic rings. The SMILES string of the molecule is COC(=O)C1=C(C)NC(C)=C(N)C1c1ccccc1C(F)(F)F. The lowest BCUT2D eigenvalue weighted by atomic mass is 9.82. The summed E-state index contributed by atoms with van der Waals surface area (Å²) in [5.41, 5.74) is 6.30. The number of nitrogens with two attached hydrogens (primary N) is 1. The number of nitrogens with one attached hydrogen (secondary N) is 1. The number of carbonyl (C=O) groups excluding carboxylic acids is 1. The number of methoxy groups -OCH3 is 1. The summed E-state index contributed by atoms with van der Waals surface area (Å²) in [5, 5.41) is 2.90. The van der Waals surface area contributed by atoms with Crippen molar-refractivity contribution >= 4 is 5.97 Å². The van der Waals surface area contributed by atoms with E-state index in [0.29, 0.717) is 11.4 Å². The number of ether oxygens (including phenoxy) is 1. The van der Waals surface area contributed by atoms with Crippen LogP contribution < -0.4 is 11.1 Å². The van der Waals surface area contributed by atoms with E-state index < -0.39 is 23.6 Å². The Bertz CT molecular complexity index is 706. The predicted octanol–water partition coefficient (Wildman–Crippen LogP) is 3.03. The van der Waals surface area contributed by atoms with Crippen LogP contribution in [-0.4, -0.2) is 13.1 Å². The number of rotatable bonds is 2. The van der Waals surface area contributed by atoms with Gasteiger partial charge in [-0.15, -0.1) is 0 Å². The zero-order valence-electron chi connectivity index (χ0n) is 12.9. The topological polar surface area (TPSA) is 64.3 Å². The van der Waals surface area contributed by atoms with E-state index in [1.807, 2.05) is 0 Å². The molecule has 0 bridgehead atoms. The van der Waals surface area contributed by atoms with Gasteiger partial charge in [0.15, 0.2) is 0 Å². The Morgan fingerprint density at radius 2 is 1.83 bits per heavy atom. The number of hydrogen-bond acceptors (Lipinski definition) is 4. The molecule has 0 fully saturated rings. The highest BCUT2D eigenvalue weighted by Crippen LogP contribution is 2.42. The summed E-state index contributed by atoms with van der Waals surface area (Å²) in [5.74, 6) is -1.73. The molecule has 0 amide bonds. The Labute approximate surface area is 131 Å². The maximum Gasteiger partial charge on any atom is 0.416 e. The van der Waals surface area contributed by atoms with Crippen molar-refractivity contribution in [1.29, 1.82) is 0 Å². The van der Waals surface area contributed by atoms with E-state index >= 15 is 0 Å². The summed E-state index contributed by atoms with van der Waals surface area (Å²) < 4.78 is 44.7. The van der Waals surface area contributed by atoms with Crippen molar-refractivity contribution in [2.45, 2.75) is 25.9 Å².